The number of carbonyl (C=O) groups is 1. The lowest BCUT2D eigenvalue weighted by Crippen LogP contribution is -2.56. The molecule has 0 radical (unpaired) electrons. The second-order valence-corrected chi connectivity index (χ2v) is 5.68. The topological polar surface area (TPSA) is 55.1 Å². The summed E-state index contributed by atoms with van der Waals surface area (Å²) in [5.41, 5.74) is 6.09. The van der Waals surface area contributed by atoms with Crippen LogP contribution in [-0.2, 0) is 16.8 Å². The number of hydrogen-bond acceptors (Lipinski definition) is 3. The molecule has 0 fully saturated rings. The third kappa shape index (κ3) is 1.76. The molecule has 1 atom stereocenters. The zero-order chi connectivity index (χ0) is 11.8. The maximum Gasteiger partial charge on any atom is 0.242 e. The zero-order valence-electron chi connectivity index (χ0n) is 9.75. The van der Waals surface area contributed by atoms with E-state index >= 15 is 0 Å². The van der Waals surface area contributed by atoms with Crippen LogP contribution in [0.4, 0.5) is 0 Å². The van der Waals surface area contributed by atoms with E-state index in [-0.39, 0.29) is 11.9 Å². The first-order chi connectivity index (χ1) is 7.56. The van der Waals surface area contributed by atoms with Crippen molar-refractivity contribution in [2.75, 3.05) is 0 Å². The maximum atomic E-state index is 11.8. The Morgan fingerprint density at radius 2 is 2.38 bits per heavy atom. The fourth-order valence-electron chi connectivity index (χ4n) is 2.53. The maximum absolute atomic E-state index is 11.8. The highest BCUT2D eigenvalue weighted by molar-refractivity contribution is 7.10. The summed E-state index contributed by atoms with van der Waals surface area (Å²) < 4.78 is 0. The molecule has 1 aromatic heterocycles. The normalized spacial score (nSPS) is 24.4. The summed E-state index contributed by atoms with van der Waals surface area (Å²) in [7, 11) is 0. The van der Waals surface area contributed by atoms with Gasteiger partial charge in [0.2, 0.25) is 5.91 Å². The molecule has 0 bridgehead atoms. The van der Waals surface area contributed by atoms with Crippen LogP contribution in [0.25, 0.3) is 0 Å². The Bertz CT molecular complexity index is 399. The molecule has 1 aliphatic carbocycles. The Kier molecular flexibility index (Phi) is 3.04. The van der Waals surface area contributed by atoms with Crippen LogP contribution in [0.5, 0.6) is 0 Å². The lowest BCUT2D eigenvalue weighted by atomic mass is 9.79. The summed E-state index contributed by atoms with van der Waals surface area (Å²) in [4.78, 5) is 13.1. The van der Waals surface area contributed by atoms with E-state index in [4.69, 9.17) is 5.73 Å². The summed E-state index contributed by atoms with van der Waals surface area (Å²) in [6.07, 6.45) is 2.90. The Morgan fingerprint density at radius 3 is 3.00 bits per heavy atom. The molecule has 3 N–H and O–H groups in total. The summed E-state index contributed by atoms with van der Waals surface area (Å²) >= 11 is 1.72. The lowest BCUT2D eigenvalue weighted by Gasteiger charge is -2.37. The fraction of sp³-hybridized carbons (Fsp3) is 0.583. The number of rotatable bonds is 3. The summed E-state index contributed by atoms with van der Waals surface area (Å²) in [6.45, 7) is 4.09. The van der Waals surface area contributed by atoms with E-state index < -0.39 is 5.54 Å². The van der Waals surface area contributed by atoms with Crippen LogP contribution in [-0.4, -0.2) is 11.9 Å². The molecule has 0 aromatic carbocycles. The predicted octanol–water partition coefficient (Wildman–Crippen LogP) is 1.76. The molecule has 2 rings (SSSR count). The Hall–Kier alpha value is -0.870. The number of fused-ring (bicyclic) bond motifs is 1. The predicted molar refractivity (Wildman–Crippen MR) is 66.4 cm³/mol. The highest BCUT2D eigenvalue weighted by atomic mass is 32.1. The van der Waals surface area contributed by atoms with E-state index in [1.807, 2.05) is 19.9 Å². The van der Waals surface area contributed by atoms with Crippen molar-refractivity contribution in [3.05, 3.63) is 21.9 Å². The molecule has 1 aliphatic rings. The molecule has 0 saturated carbocycles. The first-order valence-electron chi connectivity index (χ1n) is 5.71. The highest BCUT2D eigenvalue weighted by Crippen LogP contribution is 2.38. The van der Waals surface area contributed by atoms with Gasteiger partial charge in [-0.15, -0.1) is 11.3 Å². The smallest absolute Gasteiger partial charge is 0.242 e. The highest BCUT2D eigenvalue weighted by Gasteiger charge is 2.42. The van der Waals surface area contributed by atoms with Gasteiger partial charge in [-0.05, 0) is 50.1 Å². The van der Waals surface area contributed by atoms with Crippen molar-refractivity contribution in [2.45, 2.75) is 44.7 Å². The molecule has 0 spiro atoms. The average Bonchev–Trinajstić information content (AvgIpc) is 2.65. The van der Waals surface area contributed by atoms with Gasteiger partial charge in [-0.25, -0.2) is 0 Å². The molecular formula is C12H18N2OS. The van der Waals surface area contributed by atoms with Crippen molar-refractivity contribution >= 4 is 17.2 Å². The minimum Gasteiger partial charge on any atom is -0.368 e. The quantitative estimate of drug-likeness (QED) is 0.843. The molecule has 1 heterocycles. The Labute approximate surface area is 100 Å². The SMILES string of the molecule is CC(C)NC1(C(N)=O)CCCc2sccc21. The minimum atomic E-state index is -0.637. The number of nitrogens with two attached hydrogens (primary N) is 1. The van der Waals surface area contributed by atoms with Gasteiger partial charge in [0.25, 0.3) is 0 Å². The van der Waals surface area contributed by atoms with Crippen LogP contribution in [0, 0.1) is 0 Å². The standard InChI is InChI=1S/C12H18N2OS/c1-8(2)14-12(11(13)15)6-3-4-10-9(12)5-7-16-10/h5,7-8,14H,3-4,6H2,1-2H3,(H2,13,15). The molecule has 0 saturated heterocycles. The number of aryl methyl sites for hydroxylation is 1. The molecule has 1 unspecified atom stereocenters. The molecule has 0 aliphatic heterocycles. The van der Waals surface area contributed by atoms with Gasteiger partial charge in [0.1, 0.15) is 5.54 Å². The minimum absolute atomic E-state index is 0.248. The molecule has 4 heteroatoms. The third-order valence-electron chi connectivity index (χ3n) is 3.12. The van der Waals surface area contributed by atoms with E-state index in [0.717, 1.165) is 24.8 Å². The van der Waals surface area contributed by atoms with Gasteiger partial charge in [0.15, 0.2) is 0 Å². The van der Waals surface area contributed by atoms with E-state index in [1.165, 1.54) is 4.88 Å². The second-order valence-electron chi connectivity index (χ2n) is 4.68. The van der Waals surface area contributed by atoms with E-state index in [1.54, 1.807) is 11.3 Å². The number of thiophene rings is 1. The Balaban J connectivity index is 2.45. The average molecular weight is 238 g/mol. The number of primary amides is 1. The van der Waals surface area contributed by atoms with Gasteiger partial charge in [0.05, 0.1) is 0 Å². The van der Waals surface area contributed by atoms with Gasteiger partial charge in [-0.1, -0.05) is 0 Å². The zero-order valence-corrected chi connectivity index (χ0v) is 10.6. The lowest BCUT2D eigenvalue weighted by molar-refractivity contribution is -0.125. The molecular weight excluding hydrogens is 220 g/mol. The Morgan fingerprint density at radius 1 is 1.62 bits per heavy atom. The van der Waals surface area contributed by atoms with Crippen molar-refractivity contribution in [3.8, 4) is 0 Å². The number of hydrogen-bond donors (Lipinski definition) is 2. The first kappa shape index (κ1) is 11.6. The van der Waals surface area contributed by atoms with E-state index in [0.29, 0.717) is 0 Å². The second kappa shape index (κ2) is 4.18. The fourth-order valence-corrected chi connectivity index (χ4v) is 3.53. The van der Waals surface area contributed by atoms with Crippen LogP contribution >= 0.6 is 11.3 Å². The van der Waals surface area contributed by atoms with Crippen molar-refractivity contribution < 1.29 is 4.79 Å². The summed E-state index contributed by atoms with van der Waals surface area (Å²) in [5.74, 6) is -0.249. The number of nitrogens with one attached hydrogen (secondary N) is 1. The van der Waals surface area contributed by atoms with Crippen LogP contribution < -0.4 is 11.1 Å². The van der Waals surface area contributed by atoms with Crippen molar-refractivity contribution in [3.63, 3.8) is 0 Å². The van der Waals surface area contributed by atoms with Gasteiger partial charge >= 0.3 is 0 Å². The van der Waals surface area contributed by atoms with Crippen molar-refractivity contribution in [1.29, 1.82) is 0 Å². The number of carbonyl (C=O) groups excluding carboxylic acids is 1. The van der Waals surface area contributed by atoms with Crippen molar-refractivity contribution in [1.82, 2.24) is 5.32 Å². The molecule has 3 nitrogen and oxygen atoms in total. The monoisotopic (exact) mass is 238 g/mol. The summed E-state index contributed by atoms with van der Waals surface area (Å²) in [5, 5.41) is 5.42. The molecule has 1 aromatic rings. The number of amides is 1. The van der Waals surface area contributed by atoms with E-state index in [2.05, 4.69) is 10.7 Å². The molecule has 88 valence electrons. The van der Waals surface area contributed by atoms with Gasteiger partial charge < -0.3 is 5.73 Å². The van der Waals surface area contributed by atoms with Crippen LogP contribution in [0.15, 0.2) is 11.4 Å². The van der Waals surface area contributed by atoms with Gasteiger partial charge in [-0.2, -0.15) is 0 Å². The largest absolute Gasteiger partial charge is 0.368 e. The first-order valence-corrected chi connectivity index (χ1v) is 6.58. The van der Waals surface area contributed by atoms with Crippen LogP contribution in [0.3, 0.4) is 0 Å². The van der Waals surface area contributed by atoms with E-state index in [9.17, 15) is 4.79 Å². The molecule has 1 amide bonds. The molecule has 16 heavy (non-hydrogen) atoms. The van der Waals surface area contributed by atoms with Gasteiger partial charge in [0, 0.05) is 10.9 Å². The van der Waals surface area contributed by atoms with Crippen LogP contribution in [0.1, 0.15) is 37.1 Å². The van der Waals surface area contributed by atoms with Gasteiger partial charge in [-0.3, -0.25) is 10.1 Å². The van der Waals surface area contributed by atoms with Crippen LogP contribution in [0.2, 0.25) is 0 Å². The van der Waals surface area contributed by atoms with Crippen molar-refractivity contribution in [2.24, 2.45) is 5.73 Å². The summed E-state index contributed by atoms with van der Waals surface area (Å²) in [6, 6.07) is 2.29. The third-order valence-corrected chi connectivity index (χ3v) is 4.10.